The summed E-state index contributed by atoms with van der Waals surface area (Å²) in [5, 5.41) is 0. The van der Waals surface area contributed by atoms with Gasteiger partial charge in [0.15, 0.2) is 0 Å². The number of hydrazine groups is 1. The number of carbonyl (C=O) groups is 2. The zero-order valence-corrected chi connectivity index (χ0v) is 16.2. The molecule has 3 N–H and O–H groups in total. The highest BCUT2D eigenvalue weighted by molar-refractivity contribution is 5.78. The molecule has 26 heavy (non-hydrogen) atoms. The van der Waals surface area contributed by atoms with Gasteiger partial charge in [-0.05, 0) is 30.4 Å². The molecule has 0 aromatic heterocycles. The summed E-state index contributed by atoms with van der Waals surface area (Å²) in [5.74, 6) is 5.50. The lowest BCUT2D eigenvalue weighted by Crippen LogP contribution is -2.49. The van der Waals surface area contributed by atoms with E-state index >= 15 is 0 Å². The molecule has 1 atom stereocenters. The van der Waals surface area contributed by atoms with Gasteiger partial charge < -0.3 is 4.90 Å². The predicted octanol–water partition coefficient (Wildman–Crippen LogP) is 2.18. The van der Waals surface area contributed by atoms with E-state index in [9.17, 15) is 9.59 Å². The van der Waals surface area contributed by atoms with Gasteiger partial charge in [0, 0.05) is 45.1 Å². The second-order valence-electron chi connectivity index (χ2n) is 7.34. The molecule has 1 aromatic rings. The van der Waals surface area contributed by atoms with Crippen LogP contribution in [0.5, 0.6) is 0 Å². The monoisotopic (exact) mass is 360 g/mol. The Hall–Kier alpha value is -1.92. The summed E-state index contributed by atoms with van der Waals surface area (Å²) in [6.07, 6.45) is 1.24. The van der Waals surface area contributed by atoms with Crippen LogP contribution < -0.4 is 11.3 Å². The van der Waals surface area contributed by atoms with Crippen molar-refractivity contribution >= 4 is 11.8 Å². The van der Waals surface area contributed by atoms with Crippen LogP contribution in [-0.4, -0.2) is 47.8 Å². The lowest BCUT2D eigenvalue weighted by molar-refractivity contribution is -0.133. The van der Waals surface area contributed by atoms with Crippen LogP contribution in [-0.2, 0) is 9.59 Å². The number of amides is 2. The van der Waals surface area contributed by atoms with Crippen molar-refractivity contribution in [1.82, 2.24) is 15.2 Å². The van der Waals surface area contributed by atoms with Gasteiger partial charge in [-0.3, -0.25) is 19.9 Å². The van der Waals surface area contributed by atoms with E-state index in [1.54, 1.807) is 0 Å². The fourth-order valence-corrected chi connectivity index (χ4v) is 3.36. The number of carbonyl (C=O) groups excluding carboxylic acids is 2. The Morgan fingerprint density at radius 3 is 2.12 bits per heavy atom. The average molecular weight is 361 g/mol. The number of rotatable bonds is 7. The lowest BCUT2D eigenvalue weighted by atomic mass is 9.99. The maximum atomic E-state index is 12.3. The zero-order valence-electron chi connectivity index (χ0n) is 16.2. The number of benzene rings is 1. The van der Waals surface area contributed by atoms with Crippen molar-refractivity contribution in [2.75, 3.05) is 26.2 Å². The van der Waals surface area contributed by atoms with Crippen LogP contribution in [0, 0.1) is 0 Å². The van der Waals surface area contributed by atoms with E-state index < -0.39 is 0 Å². The quantitative estimate of drug-likeness (QED) is 0.444. The number of nitrogens with one attached hydrogen (secondary N) is 1. The minimum absolute atomic E-state index is 0.128. The molecule has 1 aliphatic rings. The Morgan fingerprint density at radius 1 is 1.00 bits per heavy atom. The van der Waals surface area contributed by atoms with E-state index in [0.717, 1.165) is 26.2 Å². The van der Waals surface area contributed by atoms with Crippen LogP contribution in [0.15, 0.2) is 24.3 Å². The van der Waals surface area contributed by atoms with Crippen molar-refractivity contribution in [3.8, 4) is 0 Å². The molecule has 2 rings (SSSR count). The summed E-state index contributed by atoms with van der Waals surface area (Å²) in [6.45, 7) is 9.89. The molecule has 2 amide bonds. The minimum atomic E-state index is -0.222. The maximum Gasteiger partial charge on any atom is 0.233 e. The Labute approximate surface area is 156 Å². The normalized spacial score (nSPS) is 16.6. The summed E-state index contributed by atoms with van der Waals surface area (Å²) in [4.78, 5) is 27.7. The summed E-state index contributed by atoms with van der Waals surface area (Å²) >= 11 is 0. The van der Waals surface area contributed by atoms with Crippen LogP contribution in [0.3, 0.4) is 0 Å². The fourth-order valence-electron chi connectivity index (χ4n) is 3.36. The van der Waals surface area contributed by atoms with Gasteiger partial charge in [0.2, 0.25) is 11.8 Å². The molecular weight excluding hydrogens is 328 g/mol. The van der Waals surface area contributed by atoms with Crippen LogP contribution in [0.4, 0.5) is 0 Å². The fraction of sp³-hybridized carbons (Fsp3) is 0.600. The first-order valence-corrected chi connectivity index (χ1v) is 9.53. The highest BCUT2D eigenvalue weighted by atomic mass is 16.2. The standard InChI is InChI=1S/C20H32N4O2/c1-15(2)17-7-9-18(10-8-17)16(3)23-11-13-24(14-12-23)20(26)6-4-5-19(25)22-21/h7-10,15-16H,4-6,11-14,21H2,1-3H3,(H,22,25). The minimum Gasteiger partial charge on any atom is -0.340 e. The van der Waals surface area contributed by atoms with Gasteiger partial charge in [0.1, 0.15) is 0 Å². The zero-order chi connectivity index (χ0) is 19.1. The molecule has 6 nitrogen and oxygen atoms in total. The largest absolute Gasteiger partial charge is 0.340 e. The van der Waals surface area contributed by atoms with E-state index in [-0.39, 0.29) is 11.8 Å². The van der Waals surface area contributed by atoms with Crippen LogP contribution in [0.2, 0.25) is 0 Å². The van der Waals surface area contributed by atoms with Gasteiger partial charge in [-0.1, -0.05) is 38.1 Å². The highest BCUT2D eigenvalue weighted by Crippen LogP contribution is 2.24. The molecule has 0 radical (unpaired) electrons. The highest BCUT2D eigenvalue weighted by Gasteiger charge is 2.24. The second kappa shape index (κ2) is 9.69. The van der Waals surface area contributed by atoms with Crippen molar-refractivity contribution in [2.24, 2.45) is 5.84 Å². The predicted molar refractivity (Wildman–Crippen MR) is 103 cm³/mol. The molecule has 0 bridgehead atoms. The van der Waals surface area contributed by atoms with Crippen molar-refractivity contribution in [2.45, 2.75) is 52.0 Å². The Bertz CT molecular complexity index is 592. The molecular formula is C20H32N4O2. The van der Waals surface area contributed by atoms with E-state index in [2.05, 4.69) is 55.4 Å². The molecule has 0 aliphatic carbocycles. The SMILES string of the molecule is CC(C)c1ccc(C(C)N2CCN(C(=O)CCCC(=O)NN)CC2)cc1. The second-order valence-corrected chi connectivity index (χ2v) is 7.34. The van der Waals surface area contributed by atoms with Crippen molar-refractivity contribution in [1.29, 1.82) is 0 Å². The molecule has 0 spiro atoms. The third-order valence-corrected chi connectivity index (χ3v) is 5.26. The molecule has 144 valence electrons. The maximum absolute atomic E-state index is 12.3. The van der Waals surface area contributed by atoms with E-state index in [4.69, 9.17) is 5.84 Å². The first kappa shape index (κ1) is 20.4. The third kappa shape index (κ3) is 5.54. The van der Waals surface area contributed by atoms with Crippen LogP contribution in [0.25, 0.3) is 0 Å². The average Bonchev–Trinajstić information content (AvgIpc) is 2.67. The lowest BCUT2D eigenvalue weighted by Gasteiger charge is -2.38. The number of piperazine rings is 1. The molecule has 1 saturated heterocycles. The summed E-state index contributed by atoms with van der Waals surface area (Å²) in [7, 11) is 0. The molecule has 1 heterocycles. The number of nitrogens with two attached hydrogens (primary N) is 1. The first-order valence-electron chi connectivity index (χ1n) is 9.53. The van der Waals surface area contributed by atoms with E-state index in [1.807, 2.05) is 4.90 Å². The molecule has 1 aromatic carbocycles. The first-order chi connectivity index (χ1) is 12.4. The summed E-state index contributed by atoms with van der Waals surface area (Å²) < 4.78 is 0. The number of hydrogen-bond donors (Lipinski definition) is 2. The number of hydrogen-bond acceptors (Lipinski definition) is 4. The molecule has 1 unspecified atom stereocenters. The van der Waals surface area contributed by atoms with Gasteiger partial charge in [0.25, 0.3) is 0 Å². The van der Waals surface area contributed by atoms with Gasteiger partial charge in [-0.15, -0.1) is 0 Å². The van der Waals surface area contributed by atoms with Crippen molar-refractivity contribution in [3.63, 3.8) is 0 Å². The number of nitrogens with zero attached hydrogens (tertiary/aromatic N) is 2. The van der Waals surface area contributed by atoms with Crippen LogP contribution in [0.1, 0.15) is 63.1 Å². The molecule has 1 aliphatic heterocycles. The van der Waals surface area contributed by atoms with Gasteiger partial charge in [-0.25, -0.2) is 5.84 Å². The third-order valence-electron chi connectivity index (χ3n) is 5.26. The van der Waals surface area contributed by atoms with Crippen molar-refractivity contribution < 1.29 is 9.59 Å². The Balaban J connectivity index is 1.79. The van der Waals surface area contributed by atoms with Gasteiger partial charge >= 0.3 is 0 Å². The van der Waals surface area contributed by atoms with Crippen LogP contribution >= 0.6 is 0 Å². The molecule has 6 heteroatoms. The Morgan fingerprint density at radius 2 is 1.58 bits per heavy atom. The van der Waals surface area contributed by atoms with Gasteiger partial charge in [0.05, 0.1) is 0 Å². The molecule has 0 saturated carbocycles. The van der Waals surface area contributed by atoms with Crippen molar-refractivity contribution in [3.05, 3.63) is 35.4 Å². The topological polar surface area (TPSA) is 78.7 Å². The Kier molecular flexibility index (Phi) is 7.60. The summed E-state index contributed by atoms with van der Waals surface area (Å²) in [6, 6.07) is 9.23. The molecule has 1 fully saturated rings. The smallest absolute Gasteiger partial charge is 0.233 e. The summed E-state index contributed by atoms with van der Waals surface area (Å²) in [5.41, 5.74) is 4.77. The van der Waals surface area contributed by atoms with Gasteiger partial charge in [-0.2, -0.15) is 0 Å². The van der Waals surface area contributed by atoms with E-state index in [0.29, 0.717) is 31.2 Å². The van der Waals surface area contributed by atoms with E-state index in [1.165, 1.54) is 11.1 Å².